The van der Waals surface area contributed by atoms with Crippen LogP contribution in [-0.2, 0) is 9.53 Å². The molecule has 1 unspecified atom stereocenters. The fourth-order valence-corrected chi connectivity index (χ4v) is 2.16. The second kappa shape index (κ2) is 6.24. The van der Waals surface area contributed by atoms with E-state index in [9.17, 15) is 4.79 Å². The van der Waals surface area contributed by atoms with Crippen molar-refractivity contribution < 1.29 is 9.53 Å². The molecular formula is C13H25NO2. The molecule has 0 aliphatic heterocycles. The molecule has 0 aromatic heterocycles. The molecule has 3 heteroatoms. The summed E-state index contributed by atoms with van der Waals surface area (Å²) in [4.78, 5) is 11.3. The Bertz CT molecular complexity index is 224. The Morgan fingerprint density at radius 1 is 1.44 bits per heavy atom. The van der Waals surface area contributed by atoms with Crippen molar-refractivity contribution in [3.05, 3.63) is 0 Å². The number of ether oxygens (including phenoxy) is 1. The van der Waals surface area contributed by atoms with Crippen LogP contribution >= 0.6 is 0 Å². The number of hydrogen-bond donors (Lipinski definition) is 1. The predicted octanol–water partition coefficient (Wildman–Crippen LogP) is 2.50. The number of carbonyl (C=O) groups is 1. The second-order valence-corrected chi connectivity index (χ2v) is 5.04. The highest BCUT2D eigenvalue weighted by atomic mass is 16.5. The van der Waals surface area contributed by atoms with E-state index in [4.69, 9.17) is 4.74 Å². The molecule has 3 nitrogen and oxygen atoms in total. The molecule has 0 bridgehead atoms. The number of carbonyl (C=O) groups excluding carboxylic acids is 1. The number of nitrogens with one attached hydrogen (secondary N) is 1. The van der Waals surface area contributed by atoms with Crippen LogP contribution < -0.4 is 5.32 Å². The quantitative estimate of drug-likeness (QED) is 0.647. The van der Waals surface area contributed by atoms with Gasteiger partial charge in [-0.25, -0.2) is 0 Å². The van der Waals surface area contributed by atoms with Gasteiger partial charge in [-0.2, -0.15) is 0 Å². The largest absolute Gasteiger partial charge is 0.466 e. The van der Waals surface area contributed by atoms with Crippen molar-refractivity contribution in [2.75, 3.05) is 13.2 Å². The molecule has 0 heterocycles. The topological polar surface area (TPSA) is 38.3 Å². The van der Waals surface area contributed by atoms with Gasteiger partial charge in [-0.05, 0) is 38.5 Å². The summed E-state index contributed by atoms with van der Waals surface area (Å²) in [7, 11) is 0. The summed E-state index contributed by atoms with van der Waals surface area (Å²) < 4.78 is 4.93. The molecule has 0 saturated heterocycles. The minimum Gasteiger partial charge on any atom is -0.466 e. The number of hydrogen-bond acceptors (Lipinski definition) is 3. The highest BCUT2D eigenvalue weighted by molar-refractivity contribution is 5.69. The van der Waals surface area contributed by atoms with Crippen molar-refractivity contribution in [1.29, 1.82) is 0 Å². The molecule has 0 aromatic rings. The van der Waals surface area contributed by atoms with Crippen LogP contribution in [0.5, 0.6) is 0 Å². The van der Waals surface area contributed by atoms with E-state index in [0.717, 1.165) is 6.54 Å². The first-order chi connectivity index (χ1) is 7.62. The van der Waals surface area contributed by atoms with Crippen LogP contribution in [-0.4, -0.2) is 25.2 Å². The summed E-state index contributed by atoms with van der Waals surface area (Å²) in [5, 5.41) is 3.46. The van der Waals surface area contributed by atoms with Gasteiger partial charge in [0.25, 0.3) is 0 Å². The minimum atomic E-state index is -0.0946. The average Bonchev–Trinajstić information content (AvgIpc) is 2.97. The highest BCUT2D eigenvalue weighted by Gasteiger charge is 2.41. The van der Waals surface area contributed by atoms with Gasteiger partial charge >= 0.3 is 5.97 Å². The molecule has 1 aliphatic carbocycles. The minimum absolute atomic E-state index is 0.0946. The van der Waals surface area contributed by atoms with E-state index in [2.05, 4.69) is 19.2 Å². The third-order valence-electron chi connectivity index (χ3n) is 3.34. The van der Waals surface area contributed by atoms with Crippen LogP contribution in [0.1, 0.15) is 52.9 Å². The van der Waals surface area contributed by atoms with Crippen molar-refractivity contribution >= 4 is 5.97 Å². The third kappa shape index (κ3) is 4.52. The van der Waals surface area contributed by atoms with E-state index in [1.165, 1.54) is 25.7 Å². The molecule has 1 rings (SSSR count). The molecule has 1 N–H and O–H groups in total. The van der Waals surface area contributed by atoms with Crippen molar-refractivity contribution in [1.82, 2.24) is 5.32 Å². The summed E-state index contributed by atoms with van der Waals surface area (Å²) in [6.07, 6.45) is 5.75. The van der Waals surface area contributed by atoms with Gasteiger partial charge in [-0.1, -0.05) is 13.3 Å². The zero-order valence-electron chi connectivity index (χ0n) is 10.8. The lowest BCUT2D eigenvalue weighted by molar-refractivity contribution is -0.143. The van der Waals surface area contributed by atoms with Gasteiger partial charge in [-0.15, -0.1) is 0 Å². The Hall–Kier alpha value is -0.570. The van der Waals surface area contributed by atoms with E-state index in [1.54, 1.807) is 0 Å². The van der Waals surface area contributed by atoms with Crippen molar-refractivity contribution in [3.63, 3.8) is 0 Å². The molecule has 0 radical (unpaired) electrons. The van der Waals surface area contributed by atoms with Gasteiger partial charge in [0.1, 0.15) is 0 Å². The molecule has 1 atom stereocenters. The zero-order valence-corrected chi connectivity index (χ0v) is 10.8. The highest BCUT2D eigenvalue weighted by Crippen LogP contribution is 2.48. The lowest BCUT2D eigenvalue weighted by Crippen LogP contribution is -2.34. The Kier molecular flexibility index (Phi) is 5.26. The van der Waals surface area contributed by atoms with Crippen LogP contribution in [0.4, 0.5) is 0 Å². The SMILES string of the molecule is CCCC1(CNC(C)CC(=O)OCC)CC1. The monoisotopic (exact) mass is 227 g/mol. The summed E-state index contributed by atoms with van der Waals surface area (Å²) in [6, 6.07) is 0.230. The molecule has 16 heavy (non-hydrogen) atoms. The zero-order chi connectivity index (χ0) is 12.0. The molecule has 0 spiro atoms. The molecule has 1 aliphatic rings. The van der Waals surface area contributed by atoms with Crippen LogP contribution in [0.2, 0.25) is 0 Å². The van der Waals surface area contributed by atoms with Crippen molar-refractivity contribution in [3.8, 4) is 0 Å². The van der Waals surface area contributed by atoms with E-state index in [0.29, 0.717) is 18.4 Å². The molecule has 1 saturated carbocycles. The Morgan fingerprint density at radius 3 is 2.62 bits per heavy atom. The van der Waals surface area contributed by atoms with Crippen molar-refractivity contribution in [2.45, 2.75) is 58.9 Å². The van der Waals surface area contributed by atoms with Gasteiger partial charge < -0.3 is 10.1 Å². The van der Waals surface area contributed by atoms with E-state index in [-0.39, 0.29) is 12.0 Å². The molecule has 94 valence electrons. The normalized spacial score (nSPS) is 19.2. The van der Waals surface area contributed by atoms with Crippen molar-refractivity contribution in [2.24, 2.45) is 5.41 Å². The van der Waals surface area contributed by atoms with Crippen LogP contribution in [0, 0.1) is 5.41 Å². The fourth-order valence-electron chi connectivity index (χ4n) is 2.16. The van der Waals surface area contributed by atoms with Gasteiger partial charge in [0.2, 0.25) is 0 Å². The molecule has 1 fully saturated rings. The third-order valence-corrected chi connectivity index (χ3v) is 3.34. The van der Waals surface area contributed by atoms with E-state index in [1.807, 2.05) is 6.92 Å². The summed E-state index contributed by atoms with van der Waals surface area (Å²) in [5.41, 5.74) is 0.553. The van der Waals surface area contributed by atoms with Crippen LogP contribution in [0.25, 0.3) is 0 Å². The predicted molar refractivity (Wildman–Crippen MR) is 65.3 cm³/mol. The van der Waals surface area contributed by atoms with E-state index < -0.39 is 0 Å². The Labute approximate surface area is 98.9 Å². The smallest absolute Gasteiger partial charge is 0.307 e. The number of esters is 1. The maximum absolute atomic E-state index is 11.3. The summed E-state index contributed by atoms with van der Waals surface area (Å²) in [6.45, 7) is 7.67. The average molecular weight is 227 g/mol. The standard InChI is InChI=1S/C13H25NO2/c1-4-6-13(7-8-13)10-14-11(3)9-12(15)16-5-2/h11,14H,4-10H2,1-3H3. The first kappa shape index (κ1) is 13.5. The Morgan fingerprint density at radius 2 is 2.12 bits per heavy atom. The summed E-state index contributed by atoms with van der Waals surface area (Å²) in [5.74, 6) is -0.0946. The lowest BCUT2D eigenvalue weighted by atomic mass is 10.0. The molecule has 0 amide bonds. The maximum Gasteiger partial charge on any atom is 0.307 e. The maximum atomic E-state index is 11.3. The molecular weight excluding hydrogens is 202 g/mol. The van der Waals surface area contributed by atoms with Gasteiger partial charge in [-0.3, -0.25) is 4.79 Å². The number of rotatable bonds is 8. The Balaban J connectivity index is 2.15. The molecule has 0 aromatic carbocycles. The first-order valence-corrected chi connectivity index (χ1v) is 6.51. The summed E-state index contributed by atoms with van der Waals surface area (Å²) >= 11 is 0. The van der Waals surface area contributed by atoms with Gasteiger partial charge in [0.05, 0.1) is 13.0 Å². The fraction of sp³-hybridized carbons (Fsp3) is 0.923. The lowest BCUT2D eigenvalue weighted by Gasteiger charge is -2.19. The first-order valence-electron chi connectivity index (χ1n) is 6.51. The van der Waals surface area contributed by atoms with Crippen LogP contribution in [0.15, 0.2) is 0 Å². The second-order valence-electron chi connectivity index (χ2n) is 5.04. The van der Waals surface area contributed by atoms with Gasteiger partial charge in [0, 0.05) is 12.6 Å². The van der Waals surface area contributed by atoms with E-state index >= 15 is 0 Å². The van der Waals surface area contributed by atoms with Gasteiger partial charge in [0.15, 0.2) is 0 Å². The van der Waals surface area contributed by atoms with Crippen LogP contribution in [0.3, 0.4) is 0 Å².